The second-order valence-corrected chi connectivity index (χ2v) is 6.81. The molecule has 0 unspecified atom stereocenters. The molecule has 0 fully saturated rings. The molecule has 0 aliphatic heterocycles. The minimum atomic E-state index is -0.195. The highest BCUT2D eigenvalue weighted by atomic mass is 35.5. The monoisotopic (exact) mass is 395 g/mol. The molecule has 3 aromatic rings. The summed E-state index contributed by atoms with van der Waals surface area (Å²) in [5.41, 5.74) is 3.24. The number of nitrogens with one attached hydrogen (secondary N) is 1. The number of rotatable bonds is 7. The number of halogens is 1. The molecule has 1 amide bonds. The van der Waals surface area contributed by atoms with E-state index in [1.54, 1.807) is 36.4 Å². The van der Waals surface area contributed by atoms with E-state index in [9.17, 15) is 4.79 Å². The maximum absolute atomic E-state index is 12.4. The third-order valence-corrected chi connectivity index (χ3v) is 4.65. The topological polar surface area (TPSA) is 47.6 Å². The number of hydrogen-bond acceptors (Lipinski definition) is 3. The summed E-state index contributed by atoms with van der Waals surface area (Å²) in [5, 5.41) is 3.50. The Morgan fingerprint density at radius 1 is 0.893 bits per heavy atom. The maximum Gasteiger partial charge on any atom is 0.255 e. The van der Waals surface area contributed by atoms with E-state index >= 15 is 0 Å². The molecule has 0 spiro atoms. The number of hydrogen-bond donors (Lipinski definition) is 1. The number of aryl methyl sites for hydroxylation is 1. The molecule has 0 bridgehead atoms. The Kier molecular flexibility index (Phi) is 6.56. The van der Waals surface area contributed by atoms with Crippen molar-refractivity contribution < 1.29 is 14.3 Å². The van der Waals surface area contributed by atoms with Crippen LogP contribution in [0.25, 0.3) is 0 Å². The predicted molar refractivity (Wildman–Crippen MR) is 113 cm³/mol. The van der Waals surface area contributed by atoms with Gasteiger partial charge in [0.15, 0.2) is 0 Å². The summed E-state index contributed by atoms with van der Waals surface area (Å²) in [6, 6.07) is 20.3. The average molecular weight is 396 g/mol. The van der Waals surface area contributed by atoms with Crippen LogP contribution in [0.5, 0.6) is 11.5 Å². The first kappa shape index (κ1) is 19.8. The van der Waals surface area contributed by atoms with Gasteiger partial charge in [0.2, 0.25) is 0 Å². The van der Waals surface area contributed by atoms with E-state index in [-0.39, 0.29) is 5.91 Å². The lowest BCUT2D eigenvalue weighted by molar-refractivity contribution is 0.102. The van der Waals surface area contributed by atoms with E-state index < -0.39 is 0 Å². The Morgan fingerprint density at radius 2 is 1.57 bits per heavy atom. The Morgan fingerprint density at radius 3 is 2.29 bits per heavy atom. The van der Waals surface area contributed by atoms with E-state index in [2.05, 4.69) is 5.32 Å². The zero-order valence-electron chi connectivity index (χ0n) is 15.9. The summed E-state index contributed by atoms with van der Waals surface area (Å²) in [6.45, 7) is 4.75. The van der Waals surface area contributed by atoms with Crippen molar-refractivity contribution in [1.29, 1.82) is 0 Å². The quantitative estimate of drug-likeness (QED) is 0.524. The van der Waals surface area contributed by atoms with Gasteiger partial charge in [-0.05, 0) is 73.5 Å². The van der Waals surface area contributed by atoms with Crippen LogP contribution in [0.1, 0.15) is 21.5 Å². The van der Waals surface area contributed by atoms with Crippen molar-refractivity contribution in [1.82, 2.24) is 0 Å². The molecule has 0 radical (unpaired) electrons. The first-order valence-corrected chi connectivity index (χ1v) is 9.39. The van der Waals surface area contributed by atoms with Gasteiger partial charge < -0.3 is 14.8 Å². The molecule has 0 saturated heterocycles. The minimum Gasteiger partial charge on any atom is -0.490 e. The molecule has 0 aliphatic carbocycles. The van der Waals surface area contributed by atoms with Crippen LogP contribution in [-0.2, 0) is 0 Å². The fourth-order valence-corrected chi connectivity index (χ4v) is 2.84. The van der Waals surface area contributed by atoms with Gasteiger partial charge in [0.25, 0.3) is 5.91 Å². The molecular formula is C23H22ClNO3. The number of carbonyl (C=O) groups is 1. The summed E-state index contributed by atoms with van der Waals surface area (Å²) in [4.78, 5) is 12.4. The van der Waals surface area contributed by atoms with E-state index in [1.807, 2.05) is 44.2 Å². The first-order chi connectivity index (χ1) is 13.5. The van der Waals surface area contributed by atoms with Crippen LogP contribution < -0.4 is 14.8 Å². The molecule has 0 heterocycles. The molecule has 28 heavy (non-hydrogen) atoms. The Balaban J connectivity index is 1.50. The van der Waals surface area contributed by atoms with Gasteiger partial charge >= 0.3 is 0 Å². The van der Waals surface area contributed by atoms with Crippen LogP contribution in [0.2, 0.25) is 5.02 Å². The van der Waals surface area contributed by atoms with Gasteiger partial charge in [0.05, 0.1) is 0 Å². The largest absolute Gasteiger partial charge is 0.490 e. The molecule has 0 saturated carbocycles. The van der Waals surface area contributed by atoms with Crippen LogP contribution in [-0.4, -0.2) is 19.1 Å². The number of amides is 1. The van der Waals surface area contributed by atoms with Crippen LogP contribution in [0.15, 0.2) is 66.7 Å². The molecular weight excluding hydrogens is 374 g/mol. The van der Waals surface area contributed by atoms with Gasteiger partial charge in [-0.15, -0.1) is 0 Å². The lowest BCUT2D eigenvalue weighted by Gasteiger charge is -2.11. The third-order valence-electron chi connectivity index (χ3n) is 4.24. The number of ether oxygens (including phenoxy) is 2. The highest BCUT2D eigenvalue weighted by Crippen LogP contribution is 2.23. The van der Waals surface area contributed by atoms with Crippen LogP contribution in [0.4, 0.5) is 5.69 Å². The molecule has 3 aromatic carbocycles. The summed E-state index contributed by atoms with van der Waals surface area (Å²) in [6.07, 6.45) is 0. The summed E-state index contributed by atoms with van der Waals surface area (Å²) < 4.78 is 11.3. The van der Waals surface area contributed by atoms with Crippen molar-refractivity contribution >= 4 is 23.2 Å². The van der Waals surface area contributed by atoms with E-state index in [1.165, 1.54) is 0 Å². The summed E-state index contributed by atoms with van der Waals surface area (Å²) in [7, 11) is 0. The Bertz CT molecular complexity index is 954. The zero-order valence-corrected chi connectivity index (χ0v) is 16.6. The van der Waals surface area contributed by atoms with Gasteiger partial charge in [-0.2, -0.15) is 0 Å². The maximum atomic E-state index is 12.4. The SMILES string of the molecule is Cc1cccc(OCCOc2ccc(C(=O)Nc3cccc(Cl)c3C)cc2)c1. The van der Waals surface area contributed by atoms with Crippen LogP contribution in [0, 0.1) is 13.8 Å². The standard InChI is InChI=1S/C23H22ClNO3/c1-16-5-3-6-20(15-16)28-14-13-27-19-11-9-18(10-12-19)23(26)25-22-8-4-7-21(24)17(22)2/h3-12,15H,13-14H2,1-2H3,(H,25,26). The number of benzene rings is 3. The van der Waals surface area contributed by atoms with Gasteiger partial charge in [-0.3, -0.25) is 4.79 Å². The number of anilines is 1. The fourth-order valence-electron chi connectivity index (χ4n) is 2.66. The molecule has 5 heteroatoms. The second-order valence-electron chi connectivity index (χ2n) is 6.40. The van der Waals surface area contributed by atoms with Gasteiger partial charge in [0.1, 0.15) is 24.7 Å². The average Bonchev–Trinajstić information content (AvgIpc) is 2.69. The van der Waals surface area contributed by atoms with Gasteiger partial charge in [0, 0.05) is 16.3 Å². The molecule has 144 valence electrons. The van der Waals surface area contributed by atoms with Crippen molar-refractivity contribution in [3.63, 3.8) is 0 Å². The van der Waals surface area contributed by atoms with E-state index in [4.69, 9.17) is 21.1 Å². The molecule has 0 atom stereocenters. The fraction of sp³-hybridized carbons (Fsp3) is 0.174. The normalized spacial score (nSPS) is 10.4. The predicted octanol–water partition coefficient (Wildman–Crippen LogP) is 5.67. The van der Waals surface area contributed by atoms with Crippen molar-refractivity contribution in [2.75, 3.05) is 18.5 Å². The minimum absolute atomic E-state index is 0.195. The lowest BCUT2D eigenvalue weighted by atomic mass is 10.1. The lowest BCUT2D eigenvalue weighted by Crippen LogP contribution is -2.13. The highest BCUT2D eigenvalue weighted by molar-refractivity contribution is 6.31. The van der Waals surface area contributed by atoms with Crippen LogP contribution in [0.3, 0.4) is 0 Å². The van der Waals surface area contributed by atoms with Crippen LogP contribution >= 0.6 is 11.6 Å². The number of carbonyl (C=O) groups excluding carboxylic acids is 1. The zero-order chi connectivity index (χ0) is 19.9. The van der Waals surface area contributed by atoms with Gasteiger partial charge in [-0.1, -0.05) is 29.8 Å². The van der Waals surface area contributed by atoms with Crippen molar-refractivity contribution in [2.24, 2.45) is 0 Å². The van der Waals surface area contributed by atoms with E-state index in [0.717, 1.165) is 16.9 Å². The van der Waals surface area contributed by atoms with Crippen molar-refractivity contribution in [2.45, 2.75) is 13.8 Å². The smallest absolute Gasteiger partial charge is 0.255 e. The van der Waals surface area contributed by atoms with E-state index in [0.29, 0.717) is 35.2 Å². The molecule has 4 nitrogen and oxygen atoms in total. The Labute approximate surface area is 170 Å². The summed E-state index contributed by atoms with van der Waals surface area (Å²) in [5.74, 6) is 1.31. The highest BCUT2D eigenvalue weighted by Gasteiger charge is 2.09. The van der Waals surface area contributed by atoms with Crippen molar-refractivity contribution in [3.8, 4) is 11.5 Å². The summed E-state index contributed by atoms with van der Waals surface area (Å²) >= 11 is 6.09. The first-order valence-electron chi connectivity index (χ1n) is 9.02. The van der Waals surface area contributed by atoms with Gasteiger partial charge in [-0.25, -0.2) is 0 Å². The molecule has 0 aromatic heterocycles. The molecule has 0 aliphatic rings. The Hall–Kier alpha value is -2.98. The van der Waals surface area contributed by atoms with Crippen molar-refractivity contribution in [3.05, 3.63) is 88.4 Å². The molecule has 1 N–H and O–H groups in total. The second kappa shape index (κ2) is 9.29. The third kappa shape index (κ3) is 5.27. The molecule has 3 rings (SSSR count).